The van der Waals surface area contributed by atoms with Gasteiger partial charge in [-0.2, -0.15) is 0 Å². The van der Waals surface area contributed by atoms with Crippen LogP contribution in [0, 0.1) is 17.8 Å². The zero-order valence-electron chi connectivity index (χ0n) is 39.4. The van der Waals surface area contributed by atoms with Crippen molar-refractivity contribution >= 4 is 52.7 Å². The van der Waals surface area contributed by atoms with Crippen LogP contribution in [0.2, 0.25) is 0 Å². The van der Waals surface area contributed by atoms with Gasteiger partial charge in [0.15, 0.2) is 5.17 Å². The Labute approximate surface area is 389 Å². The van der Waals surface area contributed by atoms with Gasteiger partial charge in [0.2, 0.25) is 23.6 Å². The molecule has 0 spiro atoms. The van der Waals surface area contributed by atoms with Gasteiger partial charge in [-0.25, -0.2) is 9.59 Å². The molecule has 1 fully saturated rings. The number of carbonyl (C=O) groups is 6. The number of rotatable bonds is 20. The lowest BCUT2D eigenvalue weighted by Crippen LogP contribution is -2.58. The number of carbonyl (C=O) groups excluding carboxylic acids is 6. The Morgan fingerprint density at radius 2 is 1.54 bits per heavy atom. The van der Waals surface area contributed by atoms with E-state index in [0.717, 1.165) is 17.5 Å². The second kappa shape index (κ2) is 25.9. The maximum absolute atomic E-state index is 14.5. The van der Waals surface area contributed by atoms with E-state index in [-0.39, 0.29) is 42.6 Å². The van der Waals surface area contributed by atoms with Crippen molar-refractivity contribution in [2.24, 2.45) is 22.7 Å². The van der Waals surface area contributed by atoms with Crippen LogP contribution in [-0.2, 0) is 41.7 Å². The van der Waals surface area contributed by atoms with Gasteiger partial charge in [0.05, 0.1) is 12.0 Å². The predicted molar refractivity (Wildman–Crippen MR) is 255 cm³/mol. The van der Waals surface area contributed by atoms with Crippen molar-refractivity contribution in [3.05, 3.63) is 83.9 Å². The second-order valence-electron chi connectivity index (χ2n) is 18.6. The van der Waals surface area contributed by atoms with Crippen LogP contribution in [-0.4, -0.2) is 101 Å². The summed E-state index contributed by atoms with van der Waals surface area (Å²) in [6.45, 7) is 16.4. The predicted octanol–water partition coefficient (Wildman–Crippen LogP) is 6.66. The first-order valence-corrected chi connectivity index (χ1v) is 23.9. The first-order chi connectivity index (χ1) is 30.9. The van der Waals surface area contributed by atoms with Gasteiger partial charge < -0.3 is 41.0 Å². The fraction of sp³-hybridized carbons (Fsp3) is 0.571. The maximum Gasteiger partial charge on any atom is 0.408 e. The van der Waals surface area contributed by atoms with Gasteiger partial charge >= 0.3 is 12.2 Å². The molecule has 2 aliphatic heterocycles. The summed E-state index contributed by atoms with van der Waals surface area (Å²) in [5.74, 6) is -2.50. The molecule has 2 aliphatic rings. The summed E-state index contributed by atoms with van der Waals surface area (Å²) < 4.78 is 10.8. The van der Waals surface area contributed by atoms with Gasteiger partial charge in [-0.1, -0.05) is 119 Å². The van der Waals surface area contributed by atoms with E-state index < -0.39 is 65.6 Å². The monoisotopic (exact) mass is 918 g/mol. The minimum Gasteiger partial charge on any atom is -0.445 e. The summed E-state index contributed by atoms with van der Waals surface area (Å²) in [7, 11) is 0. The highest BCUT2D eigenvalue weighted by atomic mass is 32.2. The fourth-order valence-corrected chi connectivity index (χ4v) is 8.45. The third-order valence-corrected chi connectivity index (χ3v) is 11.9. The third kappa shape index (κ3) is 18.6. The first-order valence-electron chi connectivity index (χ1n) is 23.0. The lowest BCUT2D eigenvalue weighted by Gasteiger charge is -2.30. The number of amides is 6. The minimum absolute atomic E-state index is 0.111. The van der Waals surface area contributed by atoms with Crippen molar-refractivity contribution in [1.82, 2.24) is 31.5 Å². The molecule has 0 aromatic heterocycles. The van der Waals surface area contributed by atoms with Gasteiger partial charge in [0.25, 0.3) is 0 Å². The van der Waals surface area contributed by atoms with E-state index in [1.54, 1.807) is 39.5 Å². The number of ether oxygens (including phenoxy) is 2. The summed E-state index contributed by atoms with van der Waals surface area (Å²) in [5, 5.41) is 15.1. The molecular weight excluding hydrogens is 847 g/mol. The molecule has 0 aliphatic carbocycles. The normalized spacial score (nSPS) is 18.2. The Kier molecular flexibility index (Phi) is 20.8. The van der Waals surface area contributed by atoms with E-state index in [2.05, 4.69) is 52.3 Å². The maximum atomic E-state index is 14.5. The van der Waals surface area contributed by atoms with Crippen LogP contribution in [0.3, 0.4) is 0 Å². The van der Waals surface area contributed by atoms with Crippen LogP contribution in [0.15, 0.2) is 77.8 Å². The zero-order valence-corrected chi connectivity index (χ0v) is 40.2. The number of benzene rings is 2. The number of hydrogen-bond acceptors (Lipinski definition) is 10. The summed E-state index contributed by atoms with van der Waals surface area (Å²) in [4.78, 5) is 87.8. The fourth-order valence-electron chi connectivity index (χ4n) is 7.52. The average molecular weight is 918 g/mol. The van der Waals surface area contributed by atoms with E-state index in [1.165, 1.54) is 11.8 Å². The number of nitrogens with zero attached hydrogens (tertiary/aromatic N) is 2. The topological polar surface area (TPSA) is 197 Å². The number of likely N-dealkylation sites (tertiary alicyclic amines) is 1. The van der Waals surface area contributed by atoms with Crippen molar-refractivity contribution in [1.29, 1.82) is 0 Å². The van der Waals surface area contributed by atoms with Crippen LogP contribution in [0.5, 0.6) is 0 Å². The van der Waals surface area contributed by atoms with Crippen molar-refractivity contribution in [3.8, 4) is 0 Å². The van der Waals surface area contributed by atoms with Gasteiger partial charge in [0.1, 0.15) is 30.3 Å². The Hall–Kier alpha value is -5.38. The lowest BCUT2D eigenvalue weighted by molar-refractivity contribution is -0.141. The quantitative estimate of drug-likeness (QED) is 0.0713. The Morgan fingerprint density at radius 3 is 2.17 bits per heavy atom. The highest BCUT2D eigenvalue weighted by Crippen LogP contribution is 2.25. The van der Waals surface area contributed by atoms with Gasteiger partial charge in [-0.3, -0.25) is 24.2 Å². The molecule has 2 heterocycles. The molecule has 0 radical (unpaired) electrons. The molecule has 1 saturated heterocycles. The molecular formula is C49H71N7O8S. The molecule has 6 amide bonds. The number of alkyl carbamates (subject to hydrolysis) is 2. The van der Waals surface area contributed by atoms with E-state index in [0.29, 0.717) is 50.4 Å². The summed E-state index contributed by atoms with van der Waals surface area (Å²) in [6, 6.07) is 15.7. The summed E-state index contributed by atoms with van der Waals surface area (Å²) >= 11 is 1.45. The zero-order chi connectivity index (χ0) is 47.5. The van der Waals surface area contributed by atoms with Crippen molar-refractivity contribution in [3.63, 3.8) is 0 Å². The molecule has 0 bridgehead atoms. The molecule has 16 heteroatoms. The highest BCUT2D eigenvalue weighted by Gasteiger charge is 2.39. The van der Waals surface area contributed by atoms with Crippen LogP contribution in [0.1, 0.15) is 105 Å². The standard InChI is InChI=1S/C49H71N7O8S/c1-32(2)29-38(52-48(62)64-49(6,7)8)24-23-37(30-35-17-11-9-12-18-35)45(60)56-28-16-22-40(56)43(58)54-41(33(3)4)44(59)53-39(42(57)55-46-50-27-25-34(5)65-46)21-15-26-51-47(61)63-31-36-19-13-10-14-20-36/h9-14,17-20,23-24,32-34,37-41H,15-16,21-22,25-31H2,1-8H3,(H,51,61)(H,52,62)(H,53,59)(H,54,58)(H,50,55,57)/b24-23+/t34?,37-,38-,39-,40+,41+/m1/s1. The lowest BCUT2D eigenvalue weighted by atomic mass is 9.94. The van der Waals surface area contributed by atoms with Crippen LogP contribution >= 0.6 is 11.8 Å². The van der Waals surface area contributed by atoms with Crippen molar-refractivity contribution < 1.29 is 38.2 Å². The summed E-state index contributed by atoms with van der Waals surface area (Å²) in [6.07, 6.45) is 5.90. The molecule has 5 N–H and O–H groups in total. The van der Waals surface area contributed by atoms with Crippen LogP contribution in [0.25, 0.3) is 0 Å². The third-order valence-electron chi connectivity index (χ3n) is 10.8. The molecule has 4 rings (SSSR count). The number of nitrogens with one attached hydrogen (secondary N) is 5. The molecule has 0 saturated carbocycles. The number of aliphatic imine (C=N–C) groups is 1. The van der Waals surface area contributed by atoms with Gasteiger partial charge in [-0.05, 0) is 88.7 Å². The molecule has 15 nitrogen and oxygen atoms in total. The van der Waals surface area contributed by atoms with Gasteiger partial charge in [0, 0.05) is 24.9 Å². The Balaban J connectivity index is 1.46. The molecule has 65 heavy (non-hydrogen) atoms. The molecule has 356 valence electrons. The number of hydrogen-bond donors (Lipinski definition) is 5. The van der Waals surface area contributed by atoms with Crippen LogP contribution in [0.4, 0.5) is 9.59 Å². The largest absolute Gasteiger partial charge is 0.445 e. The Morgan fingerprint density at radius 1 is 0.862 bits per heavy atom. The van der Waals surface area contributed by atoms with E-state index in [4.69, 9.17) is 9.47 Å². The summed E-state index contributed by atoms with van der Waals surface area (Å²) in [5.41, 5.74) is 1.11. The van der Waals surface area contributed by atoms with E-state index in [9.17, 15) is 28.8 Å². The highest BCUT2D eigenvalue weighted by molar-refractivity contribution is 8.14. The van der Waals surface area contributed by atoms with E-state index in [1.807, 2.05) is 72.8 Å². The average Bonchev–Trinajstić information content (AvgIpc) is 3.74. The molecule has 2 aromatic carbocycles. The smallest absolute Gasteiger partial charge is 0.408 e. The van der Waals surface area contributed by atoms with E-state index >= 15 is 0 Å². The Bertz CT molecular complexity index is 1940. The van der Waals surface area contributed by atoms with Gasteiger partial charge in [-0.15, -0.1) is 0 Å². The van der Waals surface area contributed by atoms with Crippen molar-refractivity contribution in [2.75, 3.05) is 19.6 Å². The molecule has 6 atom stereocenters. The minimum atomic E-state index is -1.03. The number of thioether (sulfide) groups is 1. The van der Waals surface area contributed by atoms with Crippen LogP contribution < -0.4 is 26.6 Å². The molecule has 1 unspecified atom stereocenters. The second-order valence-corrected chi connectivity index (χ2v) is 20.0. The SMILES string of the molecule is CC(C)C[C@@H](/C=C/[C@H](Cc1ccccc1)C(=O)N1CCC[C@H]1C(=O)N[C@H](C(=O)N[C@H](CCCNC(=O)OCc1ccccc1)C(=O)NC1=NCCC(C)S1)C(C)C)NC(=O)OC(C)(C)C. The number of amidine groups is 1. The molecule has 2 aromatic rings. The first kappa shape index (κ1) is 52.2. The van der Waals surface area contributed by atoms with Crippen molar-refractivity contribution in [2.45, 2.75) is 142 Å².